The van der Waals surface area contributed by atoms with Crippen molar-refractivity contribution in [2.24, 2.45) is 5.92 Å². The van der Waals surface area contributed by atoms with Gasteiger partial charge in [-0.05, 0) is 54.4 Å². The Kier molecular flexibility index (Phi) is 7.69. The molecule has 3 aliphatic heterocycles. The minimum absolute atomic E-state index is 0.0684. The maximum atomic E-state index is 16.3. The molecule has 9 heteroatoms. The second-order valence-electron chi connectivity index (χ2n) is 12.6. The molecule has 226 valence electrons. The molecule has 3 heterocycles. The number of benzene rings is 3. The van der Waals surface area contributed by atoms with E-state index in [4.69, 9.17) is 9.47 Å². The van der Waals surface area contributed by atoms with Gasteiger partial charge in [0.1, 0.15) is 5.75 Å². The molecular formula is C34H39FN2O5Si. The molecule has 1 spiro atoms. The summed E-state index contributed by atoms with van der Waals surface area (Å²) in [5.41, 5.74) is 2.42. The molecule has 0 unspecified atom stereocenters. The highest BCUT2D eigenvalue weighted by atomic mass is 28.4. The number of carbonyl (C=O) groups is 2. The van der Waals surface area contributed by atoms with E-state index in [-0.39, 0.29) is 30.9 Å². The van der Waals surface area contributed by atoms with Crippen LogP contribution >= 0.6 is 0 Å². The van der Waals surface area contributed by atoms with Crippen LogP contribution in [0.4, 0.5) is 9.80 Å². The molecule has 0 aromatic heterocycles. The van der Waals surface area contributed by atoms with E-state index in [2.05, 4.69) is 0 Å². The molecule has 0 saturated carbocycles. The third kappa shape index (κ3) is 4.97. The van der Waals surface area contributed by atoms with Gasteiger partial charge in [-0.2, -0.15) is 0 Å². The number of aliphatic hydroxyl groups excluding tert-OH is 1. The Hall–Kier alpha value is -3.53. The first-order valence-corrected chi connectivity index (χ1v) is 17.9. The summed E-state index contributed by atoms with van der Waals surface area (Å²) in [5.74, 6) is -0.394. The Balaban J connectivity index is 1.37. The van der Waals surface area contributed by atoms with Crippen LogP contribution in [-0.2, 0) is 39.4 Å². The summed E-state index contributed by atoms with van der Waals surface area (Å²) in [6.45, 7) is 5.71. The number of aliphatic hydroxyl groups is 1. The number of methoxy groups -OCH3 is 1. The van der Waals surface area contributed by atoms with Gasteiger partial charge in [0, 0.05) is 23.6 Å². The van der Waals surface area contributed by atoms with Gasteiger partial charge in [0.15, 0.2) is 5.60 Å². The molecule has 1 N–H and O–H groups in total. The van der Waals surface area contributed by atoms with Crippen molar-refractivity contribution in [1.29, 1.82) is 0 Å². The zero-order chi connectivity index (χ0) is 30.5. The SMILES string of the molecule is COc1ccc2c(c1)[C@@]1(O[C@H](CC(=O)N3Cc4ccccc4C[C@H]3CO)[C@@H]([Si](C)(C)F)[C@@H]1C)C(=O)N2Cc1ccccc1. The van der Waals surface area contributed by atoms with Crippen LogP contribution in [0.15, 0.2) is 72.8 Å². The lowest BCUT2D eigenvalue weighted by atomic mass is 9.82. The van der Waals surface area contributed by atoms with Crippen molar-refractivity contribution in [3.05, 3.63) is 95.1 Å². The van der Waals surface area contributed by atoms with Crippen molar-refractivity contribution >= 4 is 25.9 Å². The number of hydrogen-bond acceptors (Lipinski definition) is 5. The highest BCUT2D eigenvalue weighted by molar-refractivity contribution is 6.72. The lowest BCUT2D eigenvalue weighted by Crippen LogP contribution is -2.48. The first-order valence-electron chi connectivity index (χ1n) is 15.0. The van der Waals surface area contributed by atoms with E-state index in [0.29, 0.717) is 36.5 Å². The Bertz CT molecular complexity index is 1530. The van der Waals surface area contributed by atoms with Gasteiger partial charge in [0.25, 0.3) is 5.91 Å². The summed E-state index contributed by atoms with van der Waals surface area (Å²) in [5, 5.41) is 10.2. The fraction of sp³-hybridized carbons (Fsp3) is 0.412. The van der Waals surface area contributed by atoms with E-state index in [9.17, 15) is 14.7 Å². The van der Waals surface area contributed by atoms with E-state index >= 15 is 4.11 Å². The molecule has 0 radical (unpaired) electrons. The molecule has 6 rings (SSSR count). The smallest absolute Gasteiger partial charge is 0.264 e. The van der Waals surface area contributed by atoms with Crippen LogP contribution in [0.2, 0.25) is 18.6 Å². The van der Waals surface area contributed by atoms with Gasteiger partial charge in [0.2, 0.25) is 14.3 Å². The highest BCUT2D eigenvalue weighted by Gasteiger charge is 2.67. The number of rotatable bonds is 7. The first-order chi connectivity index (χ1) is 20.6. The molecule has 1 fully saturated rings. The number of amides is 2. The number of fused-ring (bicyclic) bond motifs is 3. The maximum Gasteiger partial charge on any atom is 0.264 e. The van der Waals surface area contributed by atoms with Crippen molar-refractivity contribution in [1.82, 2.24) is 4.90 Å². The quantitative estimate of drug-likeness (QED) is 0.291. The average molecular weight is 603 g/mol. The molecule has 0 bridgehead atoms. The van der Waals surface area contributed by atoms with E-state index in [1.54, 1.807) is 30.0 Å². The normalized spacial score (nSPS) is 26.5. The van der Waals surface area contributed by atoms with Gasteiger partial charge in [-0.1, -0.05) is 61.5 Å². The van der Waals surface area contributed by atoms with Gasteiger partial charge in [-0.25, -0.2) is 0 Å². The zero-order valence-corrected chi connectivity index (χ0v) is 26.1. The number of hydrogen-bond donors (Lipinski definition) is 1. The summed E-state index contributed by atoms with van der Waals surface area (Å²) in [4.78, 5) is 31.9. The van der Waals surface area contributed by atoms with E-state index in [1.807, 2.05) is 79.7 Å². The summed E-state index contributed by atoms with van der Waals surface area (Å²) >= 11 is 0. The monoisotopic (exact) mass is 602 g/mol. The Morgan fingerprint density at radius 2 is 1.79 bits per heavy atom. The van der Waals surface area contributed by atoms with Crippen LogP contribution in [0.1, 0.15) is 35.6 Å². The van der Waals surface area contributed by atoms with Gasteiger partial charge >= 0.3 is 0 Å². The summed E-state index contributed by atoms with van der Waals surface area (Å²) in [7, 11) is -1.89. The number of halogens is 1. The van der Waals surface area contributed by atoms with Gasteiger partial charge in [0.05, 0.1) is 44.5 Å². The molecule has 0 aliphatic carbocycles. The lowest BCUT2D eigenvalue weighted by Gasteiger charge is -2.37. The van der Waals surface area contributed by atoms with Gasteiger partial charge in [-0.15, -0.1) is 0 Å². The van der Waals surface area contributed by atoms with Crippen molar-refractivity contribution < 1.29 is 28.3 Å². The number of carbonyl (C=O) groups excluding carboxylic acids is 2. The van der Waals surface area contributed by atoms with Crippen molar-refractivity contribution in [2.45, 2.75) is 69.2 Å². The van der Waals surface area contributed by atoms with Crippen LogP contribution in [0.25, 0.3) is 0 Å². The third-order valence-corrected chi connectivity index (χ3v) is 12.1. The van der Waals surface area contributed by atoms with Crippen molar-refractivity contribution in [3.8, 4) is 5.75 Å². The molecule has 2 amide bonds. The zero-order valence-electron chi connectivity index (χ0n) is 25.1. The van der Waals surface area contributed by atoms with Crippen LogP contribution in [0.5, 0.6) is 5.75 Å². The summed E-state index contributed by atoms with van der Waals surface area (Å²) in [6, 6.07) is 22.8. The molecule has 7 nitrogen and oxygen atoms in total. The van der Waals surface area contributed by atoms with Crippen molar-refractivity contribution in [2.75, 3.05) is 18.6 Å². The number of anilines is 1. The fourth-order valence-electron chi connectivity index (χ4n) is 7.61. The minimum atomic E-state index is -3.46. The lowest BCUT2D eigenvalue weighted by molar-refractivity contribution is -0.151. The Morgan fingerprint density at radius 1 is 1.09 bits per heavy atom. The predicted octanol–water partition coefficient (Wildman–Crippen LogP) is 5.35. The molecular weight excluding hydrogens is 563 g/mol. The molecule has 1 saturated heterocycles. The molecule has 5 atom stereocenters. The molecule has 43 heavy (non-hydrogen) atoms. The molecule has 3 aliphatic rings. The molecule has 3 aromatic carbocycles. The van der Waals surface area contributed by atoms with E-state index in [1.165, 1.54) is 0 Å². The molecule has 3 aromatic rings. The standard InChI is InChI=1S/C34H39FN2O5Si/c1-22-32(43(3,4)35)30(18-31(39)36-20-25-13-9-8-12-24(25)16-26(36)21-38)42-34(22)28-17-27(41-2)14-15-29(28)37(33(34)40)19-23-10-6-5-7-11-23/h5-15,17,22,26,30,32,38H,16,18-21H2,1-4H3/t22-,26-,30+,32-,34+/m0/s1. The second-order valence-corrected chi connectivity index (χ2v) is 16.4. The van der Waals surface area contributed by atoms with Gasteiger partial charge < -0.3 is 28.5 Å². The second kappa shape index (κ2) is 11.2. The third-order valence-electron chi connectivity index (χ3n) is 9.61. The first kappa shape index (κ1) is 29.5. The van der Waals surface area contributed by atoms with Crippen LogP contribution < -0.4 is 9.64 Å². The summed E-state index contributed by atoms with van der Waals surface area (Å²) < 4.78 is 28.7. The Morgan fingerprint density at radius 3 is 2.47 bits per heavy atom. The fourth-order valence-corrected chi connectivity index (χ4v) is 10.1. The highest BCUT2D eigenvalue weighted by Crippen LogP contribution is 2.60. The van der Waals surface area contributed by atoms with Crippen LogP contribution in [0.3, 0.4) is 0 Å². The number of ether oxygens (including phenoxy) is 2. The van der Waals surface area contributed by atoms with E-state index < -0.39 is 31.6 Å². The average Bonchev–Trinajstić information content (AvgIpc) is 3.42. The Labute approximate surface area is 253 Å². The maximum absolute atomic E-state index is 16.3. The topological polar surface area (TPSA) is 79.3 Å². The van der Waals surface area contributed by atoms with Crippen LogP contribution in [-0.4, -0.2) is 56.1 Å². The number of nitrogens with zero attached hydrogens (tertiary/aromatic N) is 2. The largest absolute Gasteiger partial charge is 0.497 e. The van der Waals surface area contributed by atoms with E-state index in [0.717, 1.165) is 16.7 Å². The van der Waals surface area contributed by atoms with Crippen LogP contribution in [0, 0.1) is 5.92 Å². The van der Waals surface area contributed by atoms with Crippen molar-refractivity contribution in [3.63, 3.8) is 0 Å². The minimum Gasteiger partial charge on any atom is -0.497 e. The summed E-state index contributed by atoms with van der Waals surface area (Å²) in [6.07, 6.45) is -0.316. The predicted molar refractivity (Wildman–Crippen MR) is 165 cm³/mol. The van der Waals surface area contributed by atoms with Gasteiger partial charge in [-0.3, -0.25) is 9.59 Å².